The lowest BCUT2D eigenvalue weighted by molar-refractivity contribution is 0.0950. The molecule has 0 unspecified atom stereocenters. The van der Waals surface area contributed by atoms with E-state index in [0.717, 1.165) is 11.8 Å². The first-order valence-electron chi connectivity index (χ1n) is 6.19. The molecule has 0 radical (unpaired) electrons. The molecule has 0 aliphatic carbocycles. The SMILES string of the molecule is CS(=O)(=O)c1cc(C(=O)NCc2ccccc2)ccc1Cl. The van der Waals surface area contributed by atoms with Crippen LogP contribution in [0.5, 0.6) is 0 Å². The number of halogens is 1. The number of nitrogens with one attached hydrogen (secondary N) is 1. The first kappa shape index (κ1) is 15.5. The summed E-state index contributed by atoms with van der Waals surface area (Å²) in [5.74, 6) is -0.347. The maximum Gasteiger partial charge on any atom is 0.251 e. The number of hydrogen-bond acceptors (Lipinski definition) is 3. The Hall–Kier alpha value is -1.85. The minimum atomic E-state index is -3.47. The fraction of sp³-hybridized carbons (Fsp3) is 0.133. The quantitative estimate of drug-likeness (QED) is 0.941. The van der Waals surface area contributed by atoms with Crippen LogP contribution in [0.4, 0.5) is 0 Å². The van der Waals surface area contributed by atoms with E-state index in [9.17, 15) is 13.2 Å². The minimum absolute atomic E-state index is 0.0449. The van der Waals surface area contributed by atoms with Crippen LogP contribution in [0.1, 0.15) is 15.9 Å². The van der Waals surface area contributed by atoms with Gasteiger partial charge < -0.3 is 5.32 Å². The molecule has 0 aromatic heterocycles. The molecular formula is C15H14ClNO3S. The van der Waals surface area contributed by atoms with Gasteiger partial charge in [0.15, 0.2) is 9.84 Å². The Morgan fingerprint density at radius 3 is 2.43 bits per heavy atom. The third kappa shape index (κ3) is 4.06. The van der Waals surface area contributed by atoms with Gasteiger partial charge in [0.1, 0.15) is 0 Å². The van der Waals surface area contributed by atoms with Gasteiger partial charge in [-0.2, -0.15) is 0 Å². The number of carbonyl (C=O) groups excluding carboxylic acids is 1. The van der Waals surface area contributed by atoms with Gasteiger partial charge >= 0.3 is 0 Å². The van der Waals surface area contributed by atoms with Crippen molar-refractivity contribution in [2.24, 2.45) is 0 Å². The van der Waals surface area contributed by atoms with Crippen LogP contribution >= 0.6 is 11.6 Å². The summed E-state index contributed by atoms with van der Waals surface area (Å²) in [5.41, 5.74) is 1.22. The molecule has 0 aliphatic rings. The van der Waals surface area contributed by atoms with Crippen LogP contribution in [-0.2, 0) is 16.4 Å². The second-order valence-electron chi connectivity index (χ2n) is 4.59. The highest BCUT2D eigenvalue weighted by Crippen LogP contribution is 2.22. The van der Waals surface area contributed by atoms with E-state index < -0.39 is 9.84 Å². The maximum absolute atomic E-state index is 12.1. The largest absolute Gasteiger partial charge is 0.348 e. The lowest BCUT2D eigenvalue weighted by Crippen LogP contribution is -2.23. The molecule has 2 rings (SSSR count). The van der Waals surface area contributed by atoms with Crippen molar-refractivity contribution in [2.45, 2.75) is 11.4 Å². The number of benzene rings is 2. The highest BCUT2D eigenvalue weighted by molar-refractivity contribution is 7.90. The van der Waals surface area contributed by atoms with E-state index in [1.165, 1.54) is 18.2 Å². The molecule has 110 valence electrons. The Labute approximate surface area is 128 Å². The smallest absolute Gasteiger partial charge is 0.251 e. The summed E-state index contributed by atoms with van der Waals surface area (Å²) in [6.07, 6.45) is 1.06. The minimum Gasteiger partial charge on any atom is -0.348 e. The van der Waals surface area contributed by atoms with Gasteiger partial charge in [-0.05, 0) is 23.8 Å². The average molecular weight is 324 g/mol. The van der Waals surface area contributed by atoms with E-state index in [1.807, 2.05) is 30.3 Å². The molecule has 0 saturated heterocycles. The van der Waals surface area contributed by atoms with E-state index in [2.05, 4.69) is 5.32 Å². The monoisotopic (exact) mass is 323 g/mol. The molecule has 0 saturated carbocycles. The second kappa shape index (κ2) is 6.28. The van der Waals surface area contributed by atoms with Gasteiger partial charge in [-0.3, -0.25) is 4.79 Å². The van der Waals surface area contributed by atoms with Crippen molar-refractivity contribution in [2.75, 3.05) is 6.26 Å². The molecule has 0 fully saturated rings. The Morgan fingerprint density at radius 1 is 1.14 bits per heavy atom. The second-order valence-corrected chi connectivity index (χ2v) is 6.98. The van der Waals surface area contributed by atoms with Crippen molar-refractivity contribution in [1.29, 1.82) is 0 Å². The van der Waals surface area contributed by atoms with Gasteiger partial charge in [-0.15, -0.1) is 0 Å². The molecular weight excluding hydrogens is 310 g/mol. The molecule has 1 N–H and O–H groups in total. The summed E-state index contributed by atoms with van der Waals surface area (Å²) < 4.78 is 23.2. The van der Waals surface area contributed by atoms with E-state index in [4.69, 9.17) is 11.6 Å². The predicted octanol–water partition coefficient (Wildman–Crippen LogP) is 2.67. The maximum atomic E-state index is 12.1. The molecule has 21 heavy (non-hydrogen) atoms. The molecule has 1 amide bonds. The van der Waals surface area contributed by atoms with Crippen molar-refractivity contribution >= 4 is 27.3 Å². The summed E-state index contributed by atoms with van der Waals surface area (Å²) in [6, 6.07) is 13.6. The van der Waals surface area contributed by atoms with Crippen LogP contribution in [0.25, 0.3) is 0 Å². The third-order valence-corrected chi connectivity index (χ3v) is 4.47. The van der Waals surface area contributed by atoms with Crippen molar-refractivity contribution in [3.05, 3.63) is 64.7 Å². The lowest BCUT2D eigenvalue weighted by atomic mass is 10.2. The lowest BCUT2D eigenvalue weighted by Gasteiger charge is -2.08. The molecule has 6 heteroatoms. The van der Waals surface area contributed by atoms with Crippen LogP contribution in [0.3, 0.4) is 0 Å². The zero-order valence-corrected chi connectivity index (χ0v) is 12.9. The van der Waals surface area contributed by atoms with Gasteiger partial charge in [0.25, 0.3) is 5.91 Å². The number of sulfone groups is 1. The van der Waals surface area contributed by atoms with Crippen molar-refractivity contribution in [3.8, 4) is 0 Å². The van der Waals surface area contributed by atoms with Crippen LogP contribution in [-0.4, -0.2) is 20.6 Å². The van der Waals surface area contributed by atoms with E-state index in [1.54, 1.807) is 0 Å². The molecule has 4 nitrogen and oxygen atoms in total. The fourth-order valence-corrected chi connectivity index (χ4v) is 3.11. The van der Waals surface area contributed by atoms with Crippen LogP contribution in [0.2, 0.25) is 5.02 Å². The average Bonchev–Trinajstić information content (AvgIpc) is 2.45. The standard InChI is InChI=1S/C15H14ClNO3S/c1-21(19,20)14-9-12(7-8-13(14)16)15(18)17-10-11-5-3-2-4-6-11/h2-9H,10H2,1H3,(H,17,18). The molecule has 0 atom stereocenters. The van der Waals surface area contributed by atoms with E-state index in [0.29, 0.717) is 6.54 Å². The number of amides is 1. The van der Waals surface area contributed by atoms with Crippen LogP contribution in [0, 0.1) is 0 Å². The summed E-state index contributed by atoms with van der Waals surface area (Å²) >= 11 is 5.85. The van der Waals surface area contributed by atoms with Gasteiger partial charge in [-0.25, -0.2) is 8.42 Å². The fourth-order valence-electron chi connectivity index (χ4n) is 1.81. The summed E-state index contributed by atoms with van der Waals surface area (Å²) in [5, 5.41) is 2.84. The highest BCUT2D eigenvalue weighted by atomic mass is 35.5. The van der Waals surface area contributed by atoms with Crippen LogP contribution < -0.4 is 5.32 Å². The zero-order valence-electron chi connectivity index (χ0n) is 11.3. The molecule has 2 aromatic carbocycles. The molecule has 0 spiro atoms. The van der Waals surface area contributed by atoms with Gasteiger partial charge in [0.2, 0.25) is 0 Å². The van der Waals surface area contributed by atoms with E-state index >= 15 is 0 Å². The Balaban J connectivity index is 2.17. The summed E-state index contributed by atoms with van der Waals surface area (Å²) in [4.78, 5) is 12.0. The van der Waals surface area contributed by atoms with Crippen molar-refractivity contribution in [3.63, 3.8) is 0 Å². The normalized spacial score (nSPS) is 11.1. The highest BCUT2D eigenvalue weighted by Gasteiger charge is 2.15. The Bertz CT molecular complexity index is 758. The van der Waals surface area contributed by atoms with Crippen LogP contribution in [0.15, 0.2) is 53.4 Å². The molecule has 0 heterocycles. The number of rotatable bonds is 4. The Kier molecular flexibility index (Phi) is 4.65. The van der Waals surface area contributed by atoms with Gasteiger partial charge in [0, 0.05) is 18.4 Å². The topological polar surface area (TPSA) is 63.2 Å². The molecule has 2 aromatic rings. The molecule has 0 bridgehead atoms. The van der Waals surface area contributed by atoms with Gasteiger partial charge in [-0.1, -0.05) is 41.9 Å². The number of carbonyl (C=O) groups is 1. The summed E-state index contributed by atoms with van der Waals surface area (Å²) in [6.45, 7) is 0.372. The first-order valence-corrected chi connectivity index (χ1v) is 8.46. The Morgan fingerprint density at radius 2 is 1.81 bits per heavy atom. The van der Waals surface area contributed by atoms with Gasteiger partial charge in [0.05, 0.1) is 9.92 Å². The third-order valence-electron chi connectivity index (χ3n) is 2.89. The zero-order chi connectivity index (χ0) is 15.5. The van der Waals surface area contributed by atoms with E-state index in [-0.39, 0.29) is 21.4 Å². The predicted molar refractivity (Wildman–Crippen MR) is 82.2 cm³/mol. The number of hydrogen-bond donors (Lipinski definition) is 1. The van der Waals surface area contributed by atoms with Crippen molar-refractivity contribution in [1.82, 2.24) is 5.32 Å². The first-order chi connectivity index (χ1) is 9.88. The molecule has 0 aliphatic heterocycles. The summed E-state index contributed by atoms with van der Waals surface area (Å²) in [7, 11) is -3.47. The van der Waals surface area contributed by atoms with Crippen molar-refractivity contribution < 1.29 is 13.2 Å².